The Morgan fingerprint density at radius 3 is 2.57 bits per heavy atom. The summed E-state index contributed by atoms with van der Waals surface area (Å²) >= 11 is 0. The van der Waals surface area contributed by atoms with Gasteiger partial charge in [0.1, 0.15) is 5.82 Å². The molecule has 2 aromatic rings. The minimum Gasteiger partial charge on any atom is -0.325 e. The molecule has 0 atom stereocenters. The molecule has 0 unspecified atom stereocenters. The second-order valence-electron chi connectivity index (χ2n) is 3.19. The summed E-state index contributed by atoms with van der Waals surface area (Å²) in [7, 11) is 0. The number of hydrogen-bond donors (Lipinski definition) is 1. The third kappa shape index (κ3) is 1.54. The molecule has 1 heterocycles. The van der Waals surface area contributed by atoms with Crippen LogP contribution in [-0.4, -0.2) is 9.55 Å². The first-order chi connectivity index (χ1) is 6.81. The summed E-state index contributed by atoms with van der Waals surface area (Å²) < 4.78 is 2.04. The van der Waals surface area contributed by atoms with Crippen molar-refractivity contribution in [3.05, 3.63) is 48.0 Å². The molecule has 0 radical (unpaired) electrons. The van der Waals surface area contributed by atoms with Crippen molar-refractivity contribution in [3.8, 4) is 5.69 Å². The number of rotatable bonds is 2. The van der Waals surface area contributed by atoms with Crippen LogP contribution in [0, 0.1) is 6.92 Å². The number of imidazole rings is 1. The van der Waals surface area contributed by atoms with E-state index >= 15 is 0 Å². The van der Waals surface area contributed by atoms with E-state index in [9.17, 15) is 0 Å². The van der Waals surface area contributed by atoms with Crippen molar-refractivity contribution in [3.63, 3.8) is 0 Å². The van der Waals surface area contributed by atoms with Crippen molar-refractivity contribution in [2.45, 2.75) is 13.5 Å². The van der Waals surface area contributed by atoms with Crippen LogP contribution in [0.4, 0.5) is 0 Å². The van der Waals surface area contributed by atoms with Crippen molar-refractivity contribution in [2.75, 3.05) is 0 Å². The zero-order chi connectivity index (χ0) is 9.97. The summed E-state index contributed by atoms with van der Waals surface area (Å²) in [4.78, 5) is 4.34. The molecule has 0 bridgehead atoms. The van der Waals surface area contributed by atoms with E-state index in [-0.39, 0.29) is 0 Å². The molecule has 0 aliphatic rings. The number of benzene rings is 1. The third-order valence-electron chi connectivity index (χ3n) is 2.18. The van der Waals surface area contributed by atoms with Crippen LogP contribution in [0.5, 0.6) is 0 Å². The van der Waals surface area contributed by atoms with E-state index in [0.29, 0.717) is 6.54 Å². The Balaban J connectivity index is 2.46. The van der Waals surface area contributed by atoms with Gasteiger partial charge in [0, 0.05) is 18.4 Å². The molecule has 0 saturated carbocycles. The van der Waals surface area contributed by atoms with Crippen LogP contribution in [0.3, 0.4) is 0 Å². The van der Waals surface area contributed by atoms with E-state index in [1.165, 1.54) is 0 Å². The van der Waals surface area contributed by atoms with Gasteiger partial charge in [-0.1, -0.05) is 18.2 Å². The molecule has 0 aliphatic heterocycles. The Morgan fingerprint density at radius 1 is 1.29 bits per heavy atom. The maximum Gasteiger partial charge on any atom is 0.110 e. The van der Waals surface area contributed by atoms with Gasteiger partial charge in [-0.25, -0.2) is 4.98 Å². The van der Waals surface area contributed by atoms with Crippen LogP contribution in [0.2, 0.25) is 0 Å². The molecule has 0 saturated heterocycles. The van der Waals surface area contributed by atoms with Gasteiger partial charge in [0.15, 0.2) is 0 Å². The van der Waals surface area contributed by atoms with Crippen molar-refractivity contribution in [2.24, 2.45) is 5.73 Å². The lowest BCUT2D eigenvalue weighted by molar-refractivity contribution is 0.969. The highest BCUT2D eigenvalue weighted by Gasteiger charge is 2.03. The topological polar surface area (TPSA) is 43.8 Å². The highest BCUT2D eigenvalue weighted by Crippen LogP contribution is 2.11. The average molecular weight is 187 g/mol. The average Bonchev–Trinajstić information content (AvgIpc) is 2.61. The van der Waals surface area contributed by atoms with Gasteiger partial charge in [0.05, 0.1) is 5.69 Å². The second-order valence-corrected chi connectivity index (χ2v) is 3.19. The Morgan fingerprint density at radius 2 is 2.00 bits per heavy atom. The largest absolute Gasteiger partial charge is 0.325 e. The van der Waals surface area contributed by atoms with Crippen molar-refractivity contribution in [1.29, 1.82) is 0 Å². The van der Waals surface area contributed by atoms with E-state index in [0.717, 1.165) is 17.2 Å². The lowest BCUT2D eigenvalue weighted by Crippen LogP contribution is -1.95. The predicted molar refractivity (Wildman–Crippen MR) is 56.2 cm³/mol. The molecule has 0 amide bonds. The highest BCUT2D eigenvalue weighted by molar-refractivity contribution is 5.33. The first-order valence-corrected chi connectivity index (χ1v) is 4.61. The molecular weight excluding hydrogens is 174 g/mol. The highest BCUT2D eigenvalue weighted by atomic mass is 15.1. The molecule has 0 aliphatic carbocycles. The lowest BCUT2D eigenvalue weighted by atomic mass is 10.3. The fraction of sp³-hybridized carbons (Fsp3) is 0.182. The third-order valence-corrected chi connectivity index (χ3v) is 2.18. The van der Waals surface area contributed by atoms with E-state index in [2.05, 4.69) is 17.1 Å². The molecule has 1 aromatic heterocycles. The molecule has 72 valence electrons. The standard InChI is InChI=1S/C11H13N3/c1-9-13-10(7-12)8-14(9)11-5-3-2-4-6-11/h2-6,8H,7,12H2,1H3. The van der Waals surface area contributed by atoms with E-state index in [1.807, 2.05) is 35.9 Å². The zero-order valence-electron chi connectivity index (χ0n) is 8.14. The molecule has 2 rings (SSSR count). The van der Waals surface area contributed by atoms with Gasteiger partial charge in [0.25, 0.3) is 0 Å². The molecular formula is C11H13N3. The number of para-hydroxylation sites is 1. The van der Waals surface area contributed by atoms with Gasteiger partial charge in [-0.15, -0.1) is 0 Å². The number of aromatic nitrogens is 2. The van der Waals surface area contributed by atoms with Crippen LogP contribution < -0.4 is 5.73 Å². The summed E-state index contributed by atoms with van der Waals surface area (Å²) in [6.07, 6.45) is 1.98. The lowest BCUT2D eigenvalue weighted by Gasteiger charge is -2.02. The van der Waals surface area contributed by atoms with E-state index in [4.69, 9.17) is 5.73 Å². The quantitative estimate of drug-likeness (QED) is 0.776. The second kappa shape index (κ2) is 3.64. The van der Waals surface area contributed by atoms with Gasteiger partial charge in [-0.3, -0.25) is 0 Å². The monoisotopic (exact) mass is 187 g/mol. The van der Waals surface area contributed by atoms with E-state index in [1.54, 1.807) is 0 Å². The minimum atomic E-state index is 0.487. The van der Waals surface area contributed by atoms with Gasteiger partial charge in [-0.2, -0.15) is 0 Å². The van der Waals surface area contributed by atoms with E-state index < -0.39 is 0 Å². The number of nitrogens with two attached hydrogens (primary N) is 1. The van der Waals surface area contributed by atoms with Crippen molar-refractivity contribution < 1.29 is 0 Å². The van der Waals surface area contributed by atoms with Crippen molar-refractivity contribution in [1.82, 2.24) is 9.55 Å². The summed E-state index contributed by atoms with van der Waals surface area (Å²) in [6.45, 7) is 2.47. The summed E-state index contributed by atoms with van der Waals surface area (Å²) in [5.41, 5.74) is 7.58. The van der Waals surface area contributed by atoms with Gasteiger partial charge < -0.3 is 10.3 Å². The first kappa shape index (κ1) is 8.97. The summed E-state index contributed by atoms with van der Waals surface area (Å²) in [6, 6.07) is 10.1. The number of hydrogen-bond acceptors (Lipinski definition) is 2. The molecule has 2 N–H and O–H groups in total. The minimum absolute atomic E-state index is 0.487. The molecule has 3 nitrogen and oxygen atoms in total. The predicted octanol–water partition coefficient (Wildman–Crippen LogP) is 1.64. The van der Waals surface area contributed by atoms with Crippen LogP contribution in [0.1, 0.15) is 11.5 Å². The number of nitrogens with zero attached hydrogens (tertiary/aromatic N) is 2. The maximum atomic E-state index is 5.53. The molecule has 14 heavy (non-hydrogen) atoms. The number of aryl methyl sites for hydroxylation is 1. The van der Waals surface area contributed by atoms with Gasteiger partial charge >= 0.3 is 0 Å². The zero-order valence-corrected chi connectivity index (χ0v) is 8.14. The van der Waals surface area contributed by atoms with Gasteiger partial charge in [0.2, 0.25) is 0 Å². The summed E-state index contributed by atoms with van der Waals surface area (Å²) in [5.74, 6) is 0.969. The Bertz CT molecular complexity index is 417. The van der Waals surface area contributed by atoms with Crippen molar-refractivity contribution >= 4 is 0 Å². The SMILES string of the molecule is Cc1nc(CN)cn1-c1ccccc1. The van der Waals surface area contributed by atoms with Crippen LogP contribution in [-0.2, 0) is 6.54 Å². The smallest absolute Gasteiger partial charge is 0.110 e. The Labute approximate surface area is 83.2 Å². The Kier molecular flexibility index (Phi) is 2.33. The van der Waals surface area contributed by atoms with Crippen LogP contribution >= 0.6 is 0 Å². The summed E-state index contributed by atoms with van der Waals surface area (Å²) in [5, 5.41) is 0. The fourth-order valence-corrected chi connectivity index (χ4v) is 1.48. The molecule has 1 aromatic carbocycles. The molecule has 3 heteroatoms. The van der Waals surface area contributed by atoms with Crippen LogP contribution in [0.15, 0.2) is 36.5 Å². The van der Waals surface area contributed by atoms with Crippen LogP contribution in [0.25, 0.3) is 5.69 Å². The Hall–Kier alpha value is -1.61. The molecule has 0 fully saturated rings. The fourth-order valence-electron chi connectivity index (χ4n) is 1.48. The van der Waals surface area contributed by atoms with Gasteiger partial charge in [-0.05, 0) is 19.1 Å². The first-order valence-electron chi connectivity index (χ1n) is 4.61. The maximum absolute atomic E-state index is 5.53. The normalized spacial score (nSPS) is 10.4. The molecule has 0 spiro atoms.